The van der Waals surface area contributed by atoms with Crippen LogP contribution in [-0.4, -0.2) is 39.8 Å². The van der Waals surface area contributed by atoms with Crippen LogP contribution in [0.4, 0.5) is 0 Å². The van der Waals surface area contributed by atoms with E-state index in [0.717, 1.165) is 0 Å². The van der Waals surface area contributed by atoms with Gasteiger partial charge in [-0.3, -0.25) is 4.79 Å². The maximum atomic E-state index is 11.4. The number of carbonyl (C=O) groups excluding carboxylic acids is 1. The smallest absolute Gasteiger partial charge is 0.257 e. The zero-order chi connectivity index (χ0) is 14.1. The molecule has 0 saturated carbocycles. The molecule has 2 N–H and O–H groups in total. The lowest BCUT2D eigenvalue weighted by Gasteiger charge is -2.08. The second-order valence-electron chi connectivity index (χ2n) is 3.75. The van der Waals surface area contributed by atoms with Crippen LogP contribution in [0, 0.1) is 0 Å². The number of ether oxygens (including phenoxy) is 1. The van der Waals surface area contributed by atoms with E-state index in [4.69, 9.17) is 4.74 Å². The maximum Gasteiger partial charge on any atom is 0.257 e. The van der Waals surface area contributed by atoms with Gasteiger partial charge in [-0.1, -0.05) is 18.2 Å². The van der Waals surface area contributed by atoms with Gasteiger partial charge in [-0.25, -0.2) is 13.1 Å². The fourth-order valence-electron chi connectivity index (χ4n) is 1.23. The number of para-hydroxylation sites is 1. The topological polar surface area (TPSA) is 84.5 Å². The van der Waals surface area contributed by atoms with Gasteiger partial charge in [0.05, 0.1) is 5.75 Å². The standard InChI is InChI=1S/C12H18N2O4S/c1-2-19(16,17)14-9-8-13-12(15)10-18-11-6-4-3-5-7-11/h3-7,14H,2,8-10H2,1H3,(H,13,15). The van der Waals surface area contributed by atoms with Crippen LogP contribution < -0.4 is 14.8 Å². The summed E-state index contributed by atoms with van der Waals surface area (Å²) >= 11 is 0. The van der Waals surface area contributed by atoms with Crippen LogP contribution in [0.1, 0.15) is 6.92 Å². The molecule has 6 nitrogen and oxygen atoms in total. The molecule has 106 valence electrons. The van der Waals surface area contributed by atoms with Crippen LogP contribution in [-0.2, 0) is 14.8 Å². The van der Waals surface area contributed by atoms with E-state index in [1.54, 1.807) is 19.1 Å². The van der Waals surface area contributed by atoms with Crippen molar-refractivity contribution in [2.45, 2.75) is 6.92 Å². The van der Waals surface area contributed by atoms with Gasteiger partial charge in [0.1, 0.15) is 5.75 Å². The molecule has 1 aromatic carbocycles. The molecule has 0 fully saturated rings. The third kappa shape index (κ3) is 6.78. The molecule has 19 heavy (non-hydrogen) atoms. The van der Waals surface area contributed by atoms with Crippen LogP contribution in [0.3, 0.4) is 0 Å². The monoisotopic (exact) mass is 286 g/mol. The SMILES string of the molecule is CCS(=O)(=O)NCCNC(=O)COc1ccccc1. The third-order valence-electron chi connectivity index (χ3n) is 2.26. The highest BCUT2D eigenvalue weighted by Crippen LogP contribution is 2.07. The van der Waals surface area contributed by atoms with Crippen LogP contribution in [0.2, 0.25) is 0 Å². The zero-order valence-corrected chi connectivity index (χ0v) is 11.6. The molecule has 0 spiro atoms. The fraction of sp³-hybridized carbons (Fsp3) is 0.417. The van der Waals surface area contributed by atoms with Gasteiger partial charge in [-0.05, 0) is 19.1 Å². The first-order chi connectivity index (χ1) is 9.03. The molecule has 0 saturated heterocycles. The predicted molar refractivity (Wildman–Crippen MR) is 72.4 cm³/mol. The van der Waals surface area contributed by atoms with Crippen molar-refractivity contribution in [1.82, 2.24) is 10.0 Å². The Bertz CT molecular complexity index is 488. The van der Waals surface area contributed by atoms with Crippen molar-refractivity contribution in [3.63, 3.8) is 0 Å². The van der Waals surface area contributed by atoms with Crippen LogP contribution in [0.5, 0.6) is 5.75 Å². The van der Waals surface area contributed by atoms with Gasteiger partial charge in [0.2, 0.25) is 10.0 Å². The highest BCUT2D eigenvalue weighted by molar-refractivity contribution is 7.89. The minimum Gasteiger partial charge on any atom is -0.484 e. The second-order valence-corrected chi connectivity index (χ2v) is 5.84. The molecule has 1 rings (SSSR count). The summed E-state index contributed by atoms with van der Waals surface area (Å²) in [6.45, 7) is 1.86. The van der Waals surface area contributed by atoms with Crippen molar-refractivity contribution in [1.29, 1.82) is 0 Å². The van der Waals surface area contributed by atoms with Gasteiger partial charge in [0.15, 0.2) is 6.61 Å². The highest BCUT2D eigenvalue weighted by Gasteiger charge is 2.06. The van der Waals surface area contributed by atoms with E-state index in [2.05, 4.69) is 10.0 Å². The Morgan fingerprint density at radius 2 is 1.89 bits per heavy atom. The fourth-order valence-corrected chi connectivity index (χ4v) is 1.84. The molecule has 7 heteroatoms. The van der Waals surface area contributed by atoms with Crippen molar-refractivity contribution in [3.05, 3.63) is 30.3 Å². The summed E-state index contributed by atoms with van der Waals surface area (Å²) in [4.78, 5) is 11.4. The normalized spacial score (nSPS) is 11.0. The summed E-state index contributed by atoms with van der Waals surface area (Å²) in [5.41, 5.74) is 0. The zero-order valence-electron chi connectivity index (χ0n) is 10.8. The van der Waals surface area contributed by atoms with Gasteiger partial charge in [-0.2, -0.15) is 0 Å². The molecule has 0 aliphatic rings. The van der Waals surface area contributed by atoms with E-state index in [9.17, 15) is 13.2 Å². The van der Waals surface area contributed by atoms with Gasteiger partial charge >= 0.3 is 0 Å². The molecule has 1 aromatic rings. The summed E-state index contributed by atoms with van der Waals surface area (Å²) in [7, 11) is -3.21. The quantitative estimate of drug-likeness (QED) is 0.665. The summed E-state index contributed by atoms with van der Waals surface area (Å²) in [5.74, 6) is 0.349. The molecule has 0 atom stereocenters. The molecular formula is C12H18N2O4S. The highest BCUT2D eigenvalue weighted by atomic mass is 32.2. The van der Waals surface area contributed by atoms with E-state index in [0.29, 0.717) is 5.75 Å². The number of hydrogen-bond donors (Lipinski definition) is 2. The molecule has 1 amide bonds. The van der Waals surface area contributed by atoms with Gasteiger partial charge in [0.25, 0.3) is 5.91 Å². The molecule has 0 aromatic heterocycles. The van der Waals surface area contributed by atoms with Gasteiger partial charge in [0, 0.05) is 13.1 Å². The van der Waals surface area contributed by atoms with Crippen molar-refractivity contribution in [3.8, 4) is 5.75 Å². The number of rotatable bonds is 8. The lowest BCUT2D eigenvalue weighted by Crippen LogP contribution is -2.37. The Hall–Kier alpha value is -1.60. The molecule has 0 bridgehead atoms. The van der Waals surface area contributed by atoms with Gasteiger partial charge < -0.3 is 10.1 Å². The lowest BCUT2D eigenvalue weighted by atomic mass is 10.3. The van der Waals surface area contributed by atoms with Crippen LogP contribution >= 0.6 is 0 Å². The van der Waals surface area contributed by atoms with Crippen LogP contribution in [0.15, 0.2) is 30.3 Å². The Morgan fingerprint density at radius 1 is 1.21 bits per heavy atom. The average Bonchev–Trinajstić information content (AvgIpc) is 2.42. The Balaban J connectivity index is 2.15. The molecule has 0 aliphatic heterocycles. The Morgan fingerprint density at radius 3 is 2.53 bits per heavy atom. The number of carbonyl (C=O) groups is 1. The first kappa shape index (κ1) is 15.5. The lowest BCUT2D eigenvalue weighted by molar-refractivity contribution is -0.123. The van der Waals surface area contributed by atoms with E-state index in [-0.39, 0.29) is 31.4 Å². The minimum atomic E-state index is -3.21. The van der Waals surface area contributed by atoms with E-state index in [1.807, 2.05) is 18.2 Å². The number of sulfonamides is 1. The largest absolute Gasteiger partial charge is 0.484 e. The predicted octanol–water partition coefficient (Wildman–Crippen LogP) is 0.121. The number of amides is 1. The summed E-state index contributed by atoms with van der Waals surface area (Å²) in [6, 6.07) is 8.98. The Labute approximate surface area is 113 Å². The van der Waals surface area contributed by atoms with Crippen molar-refractivity contribution in [2.75, 3.05) is 25.4 Å². The molecular weight excluding hydrogens is 268 g/mol. The first-order valence-electron chi connectivity index (χ1n) is 5.95. The van der Waals surface area contributed by atoms with E-state index >= 15 is 0 Å². The maximum absolute atomic E-state index is 11.4. The molecule has 0 aliphatic carbocycles. The molecule has 0 unspecified atom stereocenters. The Kier molecular flexibility index (Phi) is 6.31. The summed E-state index contributed by atoms with van der Waals surface area (Å²) < 4.78 is 29.8. The average molecular weight is 286 g/mol. The van der Waals surface area contributed by atoms with Crippen molar-refractivity contribution in [2.24, 2.45) is 0 Å². The molecule has 0 radical (unpaired) electrons. The van der Waals surface area contributed by atoms with Crippen molar-refractivity contribution < 1.29 is 17.9 Å². The second kappa shape index (κ2) is 7.75. The van der Waals surface area contributed by atoms with Gasteiger partial charge in [-0.15, -0.1) is 0 Å². The number of hydrogen-bond acceptors (Lipinski definition) is 4. The first-order valence-corrected chi connectivity index (χ1v) is 7.60. The number of nitrogens with one attached hydrogen (secondary N) is 2. The van der Waals surface area contributed by atoms with E-state index in [1.165, 1.54) is 0 Å². The number of benzene rings is 1. The molecule has 0 heterocycles. The van der Waals surface area contributed by atoms with Crippen LogP contribution in [0.25, 0.3) is 0 Å². The van der Waals surface area contributed by atoms with Crippen molar-refractivity contribution >= 4 is 15.9 Å². The summed E-state index contributed by atoms with van der Waals surface area (Å²) in [5, 5.41) is 2.56. The van der Waals surface area contributed by atoms with E-state index < -0.39 is 10.0 Å². The third-order valence-corrected chi connectivity index (χ3v) is 3.67. The minimum absolute atomic E-state index is 0.0259. The summed E-state index contributed by atoms with van der Waals surface area (Å²) in [6.07, 6.45) is 0.